The Kier molecular flexibility index (Phi) is 5.77. The molecular weight excluding hydrogens is 196 g/mol. The van der Waals surface area contributed by atoms with Crippen LogP contribution in [-0.2, 0) is 0 Å². The third-order valence-corrected chi connectivity index (χ3v) is 3.47. The summed E-state index contributed by atoms with van der Waals surface area (Å²) in [6.45, 7) is 18.0. The monoisotopic (exact) mass is 226 g/mol. The minimum absolute atomic E-state index is 0.739. The summed E-state index contributed by atoms with van der Waals surface area (Å²) in [5.74, 6) is 1.63. The summed E-state index contributed by atoms with van der Waals surface area (Å²) < 4.78 is 0. The topological polar surface area (TPSA) is 6.48 Å². The van der Waals surface area contributed by atoms with E-state index < -0.39 is 0 Å². The molecule has 0 unspecified atom stereocenters. The molecule has 1 aliphatic rings. The quantitative estimate of drug-likeness (QED) is 0.711. The molecule has 0 bridgehead atoms. The average Bonchev–Trinajstić information content (AvgIpc) is 2.18. The van der Waals surface area contributed by atoms with Gasteiger partial charge >= 0.3 is 0 Å². The van der Waals surface area contributed by atoms with E-state index in [2.05, 4.69) is 44.4 Å². The zero-order valence-electron chi connectivity index (χ0n) is 11.9. The lowest BCUT2D eigenvalue weighted by Crippen LogP contribution is -2.52. The first-order valence-corrected chi connectivity index (χ1v) is 6.95. The van der Waals surface area contributed by atoms with Gasteiger partial charge in [0.2, 0.25) is 0 Å². The molecule has 0 radical (unpaired) electrons. The van der Waals surface area contributed by atoms with Crippen LogP contribution in [0, 0.1) is 11.8 Å². The molecule has 0 aliphatic carbocycles. The highest BCUT2D eigenvalue weighted by molar-refractivity contribution is 4.79. The molecule has 0 aromatic heterocycles. The van der Waals surface area contributed by atoms with E-state index in [-0.39, 0.29) is 0 Å². The maximum absolute atomic E-state index is 2.65. The van der Waals surface area contributed by atoms with Gasteiger partial charge in [-0.05, 0) is 31.7 Å². The smallest absolute Gasteiger partial charge is 0.0195 e. The van der Waals surface area contributed by atoms with E-state index >= 15 is 0 Å². The van der Waals surface area contributed by atoms with E-state index in [1.54, 1.807) is 0 Å². The molecule has 2 nitrogen and oxygen atoms in total. The number of nitrogens with zero attached hydrogens (tertiary/aromatic N) is 2. The van der Waals surface area contributed by atoms with Crippen molar-refractivity contribution in [3.05, 3.63) is 0 Å². The minimum atomic E-state index is 0.739. The highest BCUT2D eigenvalue weighted by Crippen LogP contribution is 2.13. The Morgan fingerprint density at radius 3 is 2.25 bits per heavy atom. The molecule has 0 N–H and O–H groups in total. The number of hydrogen-bond donors (Lipinski definition) is 0. The van der Waals surface area contributed by atoms with Crippen LogP contribution in [0.3, 0.4) is 0 Å². The molecule has 1 saturated heterocycles. The minimum Gasteiger partial charge on any atom is -0.301 e. The summed E-state index contributed by atoms with van der Waals surface area (Å²) in [5.41, 5.74) is 0. The second-order valence-electron chi connectivity index (χ2n) is 6.22. The van der Waals surface area contributed by atoms with Crippen molar-refractivity contribution in [3.63, 3.8) is 0 Å². The summed E-state index contributed by atoms with van der Waals surface area (Å²) in [6, 6.07) is 0.739. The summed E-state index contributed by atoms with van der Waals surface area (Å²) in [4.78, 5) is 5.29. The highest BCUT2D eigenvalue weighted by atomic mass is 15.3. The zero-order chi connectivity index (χ0) is 12.1. The standard InChI is InChI=1S/C14H30N2/c1-12(2)6-7-15-8-9-16(10-13(3)4)14(5)11-15/h12-14H,6-11H2,1-5H3/t14-/m1/s1. The van der Waals surface area contributed by atoms with E-state index in [4.69, 9.17) is 0 Å². The van der Waals surface area contributed by atoms with Gasteiger partial charge < -0.3 is 4.90 Å². The SMILES string of the molecule is CC(C)CCN1CCN(CC(C)C)[C@H](C)C1. The Morgan fingerprint density at radius 1 is 1.06 bits per heavy atom. The fourth-order valence-electron chi connectivity index (χ4n) is 2.45. The van der Waals surface area contributed by atoms with Gasteiger partial charge in [0.15, 0.2) is 0 Å². The second kappa shape index (κ2) is 6.61. The van der Waals surface area contributed by atoms with Gasteiger partial charge in [-0.15, -0.1) is 0 Å². The second-order valence-corrected chi connectivity index (χ2v) is 6.22. The molecule has 96 valence electrons. The fraction of sp³-hybridized carbons (Fsp3) is 1.00. The van der Waals surface area contributed by atoms with Gasteiger partial charge in [-0.1, -0.05) is 27.7 Å². The van der Waals surface area contributed by atoms with Crippen molar-refractivity contribution in [2.24, 2.45) is 11.8 Å². The first-order chi connectivity index (χ1) is 7.49. The predicted molar refractivity (Wildman–Crippen MR) is 71.8 cm³/mol. The van der Waals surface area contributed by atoms with Gasteiger partial charge in [-0.25, -0.2) is 0 Å². The zero-order valence-corrected chi connectivity index (χ0v) is 11.9. The Hall–Kier alpha value is -0.0800. The summed E-state index contributed by atoms with van der Waals surface area (Å²) >= 11 is 0. The van der Waals surface area contributed by atoms with E-state index in [0.29, 0.717) is 0 Å². The van der Waals surface area contributed by atoms with Gasteiger partial charge in [0.1, 0.15) is 0 Å². The van der Waals surface area contributed by atoms with Crippen LogP contribution in [0.5, 0.6) is 0 Å². The molecular formula is C14H30N2. The van der Waals surface area contributed by atoms with Crippen LogP contribution in [0.15, 0.2) is 0 Å². The largest absolute Gasteiger partial charge is 0.301 e. The Morgan fingerprint density at radius 2 is 1.75 bits per heavy atom. The Bertz CT molecular complexity index is 189. The van der Waals surface area contributed by atoms with Crippen LogP contribution < -0.4 is 0 Å². The van der Waals surface area contributed by atoms with Crippen LogP contribution in [0.25, 0.3) is 0 Å². The lowest BCUT2D eigenvalue weighted by Gasteiger charge is -2.40. The summed E-state index contributed by atoms with van der Waals surface area (Å²) in [5, 5.41) is 0. The highest BCUT2D eigenvalue weighted by Gasteiger charge is 2.23. The third-order valence-electron chi connectivity index (χ3n) is 3.47. The predicted octanol–water partition coefficient (Wildman–Crippen LogP) is 2.69. The first-order valence-electron chi connectivity index (χ1n) is 6.95. The maximum atomic E-state index is 2.65. The van der Waals surface area contributed by atoms with Gasteiger partial charge in [-0.2, -0.15) is 0 Å². The molecule has 0 spiro atoms. The van der Waals surface area contributed by atoms with Crippen molar-refractivity contribution in [1.82, 2.24) is 9.80 Å². The van der Waals surface area contributed by atoms with E-state index in [0.717, 1.165) is 17.9 Å². The van der Waals surface area contributed by atoms with Crippen molar-refractivity contribution in [3.8, 4) is 0 Å². The van der Waals surface area contributed by atoms with E-state index in [1.165, 1.54) is 39.1 Å². The van der Waals surface area contributed by atoms with E-state index in [1.807, 2.05) is 0 Å². The van der Waals surface area contributed by atoms with Crippen LogP contribution >= 0.6 is 0 Å². The third kappa shape index (κ3) is 4.84. The molecule has 0 saturated carbocycles. The lowest BCUT2D eigenvalue weighted by atomic mass is 10.1. The molecule has 2 heteroatoms. The molecule has 0 amide bonds. The summed E-state index contributed by atoms with van der Waals surface area (Å²) in [6.07, 6.45) is 1.34. The Labute approximate surface area is 102 Å². The van der Waals surface area contributed by atoms with Crippen LogP contribution in [-0.4, -0.2) is 48.6 Å². The van der Waals surface area contributed by atoms with Crippen molar-refractivity contribution < 1.29 is 0 Å². The molecule has 1 heterocycles. The number of hydrogen-bond acceptors (Lipinski definition) is 2. The van der Waals surface area contributed by atoms with Gasteiger partial charge in [0.05, 0.1) is 0 Å². The fourth-order valence-corrected chi connectivity index (χ4v) is 2.45. The molecule has 0 aromatic rings. The van der Waals surface area contributed by atoms with Crippen LogP contribution in [0.1, 0.15) is 41.0 Å². The molecule has 1 fully saturated rings. The van der Waals surface area contributed by atoms with Crippen molar-refractivity contribution in [2.45, 2.75) is 47.1 Å². The van der Waals surface area contributed by atoms with Gasteiger partial charge in [0.25, 0.3) is 0 Å². The number of piperazine rings is 1. The van der Waals surface area contributed by atoms with Crippen molar-refractivity contribution in [2.75, 3.05) is 32.7 Å². The number of rotatable bonds is 5. The van der Waals surface area contributed by atoms with Gasteiger partial charge in [0, 0.05) is 32.2 Å². The first kappa shape index (κ1) is 14.0. The average molecular weight is 226 g/mol. The van der Waals surface area contributed by atoms with E-state index in [9.17, 15) is 0 Å². The van der Waals surface area contributed by atoms with Crippen molar-refractivity contribution in [1.29, 1.82) is 0 Å². The van der Waals surface area contributed by atoms with Crippen LogP contribution in [0.4, 0.5) is 0 Å². The molecule has 0 aromatic carbocycles. The normalized spacial score (nSPS) is 24.6. The lowest BCUT2D eigenvalue weighted by molar-refractivity contribution is 0.0718. The molecule has 16 heavy (non-hydrogen) atoms. The summed E-state index contributed by atoms with van der Waals surface area (Å²) in [7, 11) is 0. The van der Waals surface area contributed by atoms with Crippen LogP contribution in [0.2, 0.25) is 0 Å². The van der Waals surface area contributed by atoms with Crippen molar-refractivity contribution >= 4 is 0 Å². The maximum Gasteiger partial charge on any atom is 0.0195 e. The molecule has 1 rings (SSSR count). The molecule has 1 atom stereocenters. The molecule has 1 aliphatic heterocycles. The Balaban J connectivity index is 2.28. The van der Waals surface area contributed by atoms with Gasteiger partial charge in [-0.3, -0.25) is 4.90 Å².